The monoisotopic (exact) mass is 844 g/mol. The lowest BCUT2D eigenvalue weighted by Crippen LogP contribution is -2.15. The summed E-state index contributed by atoms with van der Waals surface area (Å²) >= 11 is 12.9. The number of aliphatic hydroxyl groups excluding tert-OH is 2. The molecule has 0 unspecified atom stereocenters. The molecule has 2 N–H and O–H groups in total. The Morgan fingerprint density at radius 2 is 0.929 bits per heavy atom. The van der Waals surface area contributed by atoms with Gasteiger partial charge in [0.25, 0.3) is 6.85 Å². The van der Waals surface area contributed by atoms with Gasteiger partial charge in [0, 0.05) is 44.2 Å². The van der Waals surface area contributed by atoms with Crippen molar-refractivity contribution in [1.82, 2.24) is 0 Å². The third-order valence-electron chi connectivity index (χ3n) is 9.73. The van der Waals surface area contributed by atoms with Gasteiger partial charge < -0.3 is 37.1 Å². The van der Waals surface area contributed by atoms with Gasteiger partial charge in [-0.15, -0.1) is 0 Å². The predicted octanol–water partition coefficient (Wildman–Crippen LogP) is 14.1. The second-order valence-electron chi connectivity index (χ2n) is 18.3. The van der Waals surface area contributed by atoms with E-state index < -0.39 is 36.8 Å². The molecule has 4 aromatic carbocycles. The maximum absolute atomic E-state index is 10.5. The van der Waals surface area contributed by atoms with E-state index in [9.17, 15) is 10.2 Å². The van der Waals surface area contributed by atoms with Gasteiger partial charge in [-0.1, -0.05) is 83.1 Å². The highest BCUT2D eigenvalue weighted by Gasteiger charge is 2.32. The zero-order valence-electron chi connectivity index (χ0n) is 35.0. The number of fused-ring (bicyclic) bond motifs is 3. The number of halogens is 2. The predicted molar refractivity (Wildman–Crippen MR) is 233 cm³/mol. The van der Waals surface area contributed by atoms with Crippen molar-refractivity contribution in [2.24, 2.45) is 0 Å². The van der Waals surface area contributed by atoms with Gasteiger partial charge in [-0.05, 0) is 104 Å². The summed E-state index contributed by atoms with van der Waals surface area (Å²) in [6.07, 6.45) is 0. The van der Waals surface area contributed by atoms with Crippen molar-refractivity contribution in [2.75, 3.05) is 14.2 Å². The fourth-order valence-electron chi connectivity index (χ4n) is 6.77. The molecule has 0 fully saturated rings. The Kier molecular flexibility index (Phi) is 12.8. The van der Waals surface area contributed by atoms with Gasteiger partial charge in [0.05, 0.1) is 27.4 Å². The van der Waals surface area contributed by atoms with Crippen LogP contribution >= 0.6 is 37.6 Å². The van der Waals surface area contributed by atoms with Crippen LogP contribution in [0.15, 0.2) is 56.9 Å². The van der Waals surface area contributed by atoms with Gasteiger partial charge in [-0.3, -0.25) is 0 Å². The van der Waals surface area contributed by atoms with Crippen LogP contribution in [0.25, 0.3) is 33.1 Å². The number of benzene rings is 4. The Bertz CT molecular complexity index is 2200. The van der Waals surface area contributed by atoms with Gasteiger partial charge in [0.2, 0.25) is 0 Å². The van der Waals surface area contributed by atoms with Crippen molar-refractivity contribution >= 4 is 59.5 Å². The molecule has 0 saturated heterocycles. The van der Waals surface area contributed by atoms with Crippen LogP contribution in [0.3, 0.4) is 0 Å². The Labute approximate surface area is 343 Å². The van der Waals surface area contributed by atoms with Crippen molar-refractivity contribution in [2.45, 2.75) is 118 Å². The smallest absolute Gasteiger partial charge is 0.453 e. The van der Waals surface area contributed by atoms with Crippen LogP contribution in [0, 0.1) is 0 Å². The normalized spacial score (nSPS) is 12.8. The highest BCUT2D eigenvalue weighted by atomic mass is 35.9. The Morgan fingerprint density at radius 1 is 0.554 bits per heavy atom. The largest absolute Gasteiger partial charge is 0.497 e. The summed E-state index contributed by atoms with van der Waals surface area (Å²) in [6, 6.07) is 15.5. The Balaban J connectivity index is 2.04. The summed E-state index contributed by atoms with van der Waals surface area (Å²) in [6.45, 7) is 23.0. The molecular weight excluding hydrogens is 789 g/mol. The van der Waals surface area contributed by atoms with Crippen LogP contribution in [0.5, 0.6) is 23.0 Å². The van der Waals surface area contributed by atoms with Crippen molar-refractivity contribution in [3.05, 3.63) is 81.9 Å². The SMILES string of the molecule is COc1cc(-c2cc(OC)cc(C(C)(C)C)c2Op2oc3c(C(C)(C)C)cc(CO)cc3c3cc(CO)cc(C(C)(C)C)c3o2)c(OP(Cl)Cl)c(C(C)(C)C)c1. The molecule has 8 nitrogen and oxygen atoms in total. The number of hydrogen-bond acceptors (Lipinski definition) is 8. The van der Waals surface area contributed by atoms with E-state index >= 15 is 0 Å². The average Bonchev–Trinajstić information content (AvgIpc) is 3.24. The van der Waals surface area contributed by atoms with Crippen LogP contribution in [0.4, 0.5) is 0 Å². The van der Waals surface area contributed by atoms with Gasteiger partial charge in [-0.25, -0.2) is 0 Å². The minimum absolute atomic E-state index is 0.165. The summed E-state index contributed by atoms with van der Waals surface area (Å²) < 4.78 is 39.4. The van der Waals surface area contributed by atoms with Crippen LogP contribution < -0.4 is 18.5 Å². The van der Waals surface area contributed by atoms with E-state index in [1.54, 1.807) is 14.2 Å². The summed E-state index contributed by atoms with van der Waals surface area (Å²) in [5.74, 6) is 2.20. The molecular formula is C44H56Cl2O8P2. The molecule has 56 heavy (non-hydrogen) atoms. The number of aliphatic hydroxyl groups is 2. The first-order chi connectivity index (χ1) is 25.9. The Morgan fingerprint density at radius 3 is 1.27 bits per heavy atom. The van der Waals surface area contributed by atoms with Crippen LogP contribution in [0.1, 0.15) is 116 Å². The lowest BCUT2D eigenvalue weighted by molar-refractivity contribution is 0.281. The van der Waals surface area contributed by atoms with E-state index in [-0.39, 0.29) is 13.2 Å². The number of rotatable bonds is 9. The molecule has 0 atom stereocenters. The second-order valence-corrected chi connectivity index (χ2v) is 22.2. The van der Waals surface area contributed by atoms with Crippen molar-refractivity contribution in [3.8, 4) is 34.1 Å². The quantitative estimate of drug-likeness (QED) is 0.141. The van der Waals surface area contributed by atoms with Crippen molar-refractivity contribution in [3.63, 3.8) is 0 Å². The van der Waals surface area contributed by atoms with Crippen molar-refractivity contribution in [1.29, 1.82) is 0 Å². The van der Waals surface area contributed by atoms with E-state index in [0.717, 1.165) is 44.2 Å². The first-order valence-electron chi connectivity index (χ1n) is 18.6. The van der Waals surface area contributed by atoms with E-state index in [2.05, 4.69) is 83.1 Å². The second kappa shape index (κ2) is 16.3. The number of ether oxygens (including phenoxy) is 2. The first kappa shape index (κ1) is 44.0. The van der Waals surface area contributed by atoms with E-state index in [0.29, 0.717) is 45.3 Å². The van der Waals surface area contributed by atoms with Crippen molar-refractivity contribution < 1.29 is 37.1 Å². The summed E-state index contributed by atoms with van der Waals surface area (Å²) in [5, 5.41) is 22.4. The maximum atomic E-state index is 10.5. The molecule has 5 aromatic rings. The summed E-state index contributed by atoms with van der Waals surface area (Å²) in [4.78, 5) is 0. The molecule has 0 spiro atoms. The van der Waals surface area contributed by atoms with Gasteiger partial charge in [-0.2, -0.15) is 0 Å². The zero-order chi connectivity index (χ0) is 41.7. The molecule has 0 amide bonds. The van der Waals surface area contributed by atoms with Crippen LogP contribution in [0.2, 0.25) is 0 Å². The highest BCUT2D eigenvalue weighted by Crippen LogP contribution is 2.57. The minimum Gasteiger partial charge on any atom is -0.497 e. The molecule has 0 saturated carbocycles. The lowest BCUT2D eigenvalue weighted by atomic mass is 9.81. The molecule has 0 aliphatic rings. The van der Waals surface area contributed by atoms with E-state index in [4.69, 9.17) is 49.4 Å². The minimum atomic E-state index is -2.24. The fraction of sp³-hybridized carbons (Fsp3) is 0.455. The Hall–Kier alpha value is -3.09. The summed E-state index contributed by atoms with van der Waals surface area (Å²) in [7, 11) is 1.02. The lowest BCUT2D eigenvalue weighted by Gasteiger charge is -2.28. The van der Waals surface area contributed by atoms with E-state index in [1.165, 1.54) is 0 Å². The molecule has 0 aliphatic carbocycles. The molecule has 0 bridgehead atoms. The molecule has 0 aliphatic heterocycles. The number of methoxy groups -OCH3 is 2. The summed E-state index contributed by atoms with van der Waals surface area (Å²) in [5.41, 5.74) is 5.65. The molecule has 1 heterocycles. The highest BCUT2D eigenvalue weighted by molar-refractivity contribution is 8.00. The standard InChI is InChI=1S/C44H56Cl2O8P2/c1-41(2,3)33-17-25(23-47)15-29-30-16-26(24-48)18-34(42(4,5)6)39(30)53-56(52-38(29)33)54-40-32(20-28(50-14)22-36(40)44(10,11)12)31-19-27(49-13)21-35(43(7,8)9)37(31)51-55(45)46/h15-22,47-48H,23-24H2,1-14H3. The van der Waals surface area contributed by atoms with Gasteiger partial charge >= 0.3 is 8.24 Å². The maximum Gasteiger partial charge on any atom is 0.453 e. The molecule has 1 aromatic heterocycles. The molecule has 5 rings (SSSR count). The van der Waals surface area contributed by atoms with Crippen LogP contribution in [-0.4, -0.2) is 24.4 Å². The topological polar surface area (TPSA) is 104 Å². The average molecular weight is 846 g/mol. The number of hydrogen-bond donors (Lipinski definition) is 2. The fourth-order valence-corrected chi connectivity index (χ4v) is 8.67. The molecule has 304 valence electrons. The third-order valence-corrected chi connectivity index (χ3v) is 11.5. The van der Waals surface area contributed by atoms with Gasteiger partial charge in [0.15, 0.2) is 0 Å². The van der Waals surface area contributed by atoms with E-state index in [1.807, 2.05) is 48.5 Å². The molecule has 0 radical (unpaired) electrons. The zero-order valence-corrected chi connectivity index (χ0v) is 38.3. The first-order valence-corrected chi connectivity index (χ1v) is 22.7. The van der Waals surface area contributed by atoms with Crippen LogP contribution in [-0.2, 0) is 34.9 Å². The third kappa shape index (κ3) is 9.28. The molecule has 12 heteroatoms. The van der Waals surface area contributed by atoms with Gasteiger partial charge in [0.1, 0.15) is 34.2 Å².